The Morgan fingerprint density at radius 3 is 2.88 bits per heavy atom. The van der Waals surface area contributed by atoms with E-state index in [2.05, 4.69) is 15.5 Å². The number of nitrogens with zero attached hydrogens (tertiary/aromatic N) is 2. The summed E-state index contributed by atoms with van der Waals surface area (Å²) in [4.78, 5) is 0. The first-order chi connectivity index (χ1) is 7.65. The molecule has 0 aliphatic carbocycles. The Hall–Kier alpha value is -1.62. The molecule has 0 saturated carbocycles. The summed E-state index contributed by atoms with van der Waals surface area (Å²) in [6.07, 6.45) is 0. The van der Waals surface area contributed by atoms with Crippen LogP contribution in [0.2, 0.25) is 5.02 Å². The maximum Gasteiger partial charge on any atom is 0.235 e. The largest absolute Gasteiger partial charge is 0.424 e. The van der Waals surface area contributed by atoms with Gasteiger partial charge in [-0.3, -0.25) is 0 Å². The van der Waals surface area contributed by atoms with Crippen LogP contribution in [0.4, 0.5) is 10.1 Å². The van der Waals surface area contributed by atoms with Gasteiger partial charge in [-0.1, -0.05) is 11.6 Å². The van der Waals surface area contributed by atoms with Gasteiger partial charge in [-0.2, -0.15) is 0 Å². The summed E-state index contributed by atoms with van der Waals surface area (Å²) in [5.74, 6) is 0.486. The van der Waals surface area contributed by atoms with Crippen LogP contribution in [0.25, 0.3) is 0 Å². The van der Waals surface area contributed by atoms with Crippen LogP contribution >= 0.6 is 11.6 Å². The van der Waals surface area contributed by atoms with E-state index in [0.717, 1.165) is 0 Å². The molecular weight excluding hydrogens is 233 g/mol. The fourth-order valence-electron chi connectivity index (χ4n) is 1.19. The molecule has 0 aliphatic heterocycles. The molecular formula is C10H9ClFN3O. The minimum absolute atomic E-state index is 0.0965. The van der Waals surface area contributed by atoms with Crippen molar-refractivity contribution in [3.63, 3.8) is 0 Å². The molecule has 0 unspecified atom stereocenters. The predicted octanol–water partition coefficient (Wildman–Crippen LogP) is 2.78. The van der Waals surface area contributed by atoms with Crippen LogP contribution in [0.3, 0.4) is 0 Å². The Bertz CT molecular complexity index is 501. The Morgan fingerprint density at radius 2 is 2.25 bits per heavy atom. The van der Waals surface area contributed by atoms with Gasteiger partial charge in [0.05, 0.1) is 11.6 Å². The van der Waals surface area contributed by atoms with Crippen molar-refractivity contribution in [1.82, 2.24) is 10.2 Å². The van der Waals surface area contributed by atoms with E-state index in [4.69, 9.17) is 16.0 Å². The standard InChI is InChI=1S/C10H9ClFN3O/c1-6-14-15-10(16-6)5-13-7-2-3-8(11)9(12)4-7/h2-4,13H,5H2,1H3. The van der Waals surface area contributed by atoms with E-state index in [1.54, 1.807) is 13.0 Å². The number of benzene rings is 1. The van der Waals surface area contributed by atoms with Crippen molar-refractivity contribution in [2.75, 3.05) is 5.32 Å². The molecule has 0 spiro atoms. The van der Waals surface area contributed by atoms with Gasteiger partial charge in [-0.15, -0.1) is 10.2 Å². The number of aryl methyl sites for hydroxylation is 1. The molecule has 2 aromatic rings. The molecule has 0 bridgehead atoms. The van der Waals surface area contributed by atoms with Crippen LogP contribution in [0.1, 0.15) is 11.8 Å². The van der Waals surface area contributed by atoms with Crippen molar-refractivity contribution in [2.45, 2.75) is 13.5 Å². The average molecular weight is 242 g/mol. The second-order valence-corrected chi connectivity index (χ2v) is 3.60. The number of halogens is 2. The van der Waals surface area contributed by atoms with E-state index < -0.39 is 5.82 Å². The van der Waals surface area contributed by atoms with Crippen LogP contribution in [-0.2, 0) is 6.54 Å². The molecule has 1 heterocycles. The van der Waals surface area contributed by atoms with E-state index >= 15 is 0 Å². The van der Waals surface area contributed by atoms with Crippen LogP contribution < -0.4 is 5.32 Å². The minimum atomic E-state index is -0.464. The van der Waals surface area contributed by atoms with Crippen LogP contribution in [0.5, 0.6) is 0 Å². The highest BCUT2D eigenvalue weighted by Gasteiger charge is 2.03. The molecule has 6 heteroatoms. The van der Waals surface area contributed by atoms with Crippen molar-refractivity contribution in [2.24, 2.45) is 0 Å². The molecule has 0 saturated heterocycles. The maximum absolute atomic E-state index is 13.1. The van der Waals surface area contributed by atoms with Crippen molar-refractivity contribution in [3.8, 4) is 0 Å². The van der Waals surface area contributed by atoms with Crippen molar-refractivity contribution >= 4 is 17.3 Å². The van der Waals surface area contributed by atoms with Gasteiger partial charge >= 0.3 is 0 Å². The highest BCUT2D eigenvalue weighted by molar-refractivity contribution is 6.30. The first-order valence-electron chi connectivity index (χ1n) is 4.63. The number of anilines is 1. The highest BCUT2D eigenvalue weighted by atomic mass is 35.5. The van der Waals surface area contributed by atoms with Gasteiger partial charge in [0.2, 0.25) is 11.8 Å². The zero-order valence-corrected chi connectivity index (χ0v) is 9.25. The quantitative estimate of drug-likeness (QED) is 0.898. The zero-order valence-electron chi connectivity index (χ0n) is 8.50. The third-order valence-corrected chi connectivity index (χ3v) is 2.24. The van der Waals surface area contributed by atoms with Gasteiger partial charge in [0, 0.05) is 12.6 Å². The molecule has 2 rings (SSSR count). The lowest BCUT2D eigenvalue weighted by Crippen LogP contribution is -2.00. The summed E-state index contributed by atoms with van der Waals surface area (Å²) < 4.78 is 18.2. The predicted molar refractivity (Wildman–Crippen MR) is 57.8 cm³/mol. The van der Waals surface area contributed by atoms with Crippen LogP contribution in [-0.4, -0.2) is 10.2 Å². The Kier molecular flexibility index (Phi) is 3.05. The summed E-state index contributed by atoms with van der Waals surface area (Å²) in [5, 5.41) is 10.5. The Balaban J connectivity index is 2.02. The smallest absolute Gasteiger partial charge is 0.235 e. The normalized spacial score (nSPS) is 10.4. The van der Waals surface area contributed by atoms with Crippen LogP contribution in [0, 0.1) is 12.7 Å². The summed E-state index contributed by atoms with van der Waals surface area (Å²) >= 11 is 5.56. The van der Waals surface area contributed by atoms with E-state index in [9.17, 15) is 4.39 Å². The molecule has 1 aromatic heterocycles. The first-order valence-corrected chi connectivity index (χ1v) is 5.01. The fraction of sp³-hybridized carbons (Fsp3) is 0.200. The average Bonchev–Trinajstić information content (AvgIpc) is 2.66. The Labute approximate surface area is 96.4 Å². The molecule has 16 heavy (non-hydrogen) atoms. The van der Waals surface area contributed by atoms with Gasteiger partial charge in [0.15, 0.2) is 0 Å². The Morgan fingerprint density at radius 1 is 1.44 bits per heavy atom. The first kappa shape index (κ1) is 10.9. The monoisotopic (exact) mass is 241 g/mol. The van der Waals surface area contributed by atoms with E-state index in [1.807, 2.05) is 0 Å². The highest BCUT2D eigenvalue weighted by Crippen LogP contribution is 2.19. The van der Waals surface area contributed by atoms with E-state index in [1.165, 1.54) is 12.1 Å². The molecule has 84 valence electrons. The molecule has 4 nitrogen and oxygen atoms in total. The molecule has 1 N–H and O–H groups in total. The summed E-state index contributed by atoms with van der Waals surface area (Å²) in [5.41, 5.74) is 0.609. The SMILES string of the molecule is Cc1nnc(CNc2ccc(Cl)c(F)c2)o1. The molecule has 0 atom stereocenters. The molecule has 0 radical (unpaired) electrons. The van der Waals surface area contributed by atoms with Crippen molar-refractivity contribution < 1.29 is 8.81 Å². The van der Waals surface area contributed by atoms with E-state index in [0.29, 0.717) is 24.0 Å². The van der Waals surface area contributed by atoms with Crippen molar-refractivity contribution in [1.29, 1.82) is 0 Å². The zero-order chi connectivity index (χ0) is 11.5. The maximum atomic E-state index is 13.1. The number of hydrogen-bond donors (Lipinski definition) is 1. The van der Waals surface area contributed by atoms with Gasteiger partial charge in [-0.25, -0.2) is 4.39 Å². The van der Waals surface area contributed by atoms with E-state index in [-0.39, 0.29) is 5.02 Å². The number of hydrogen-bond acceptors (Lipinski definition) is 4. The summed E-state index contributed by atoms with van der Waals surface area (Å²) in [6.45, 7) is 2.06. The second-order valence-electron chi connectivity index (χ2n) is 3.20. The third kappa shape index (κ3) is 2.49. The number of aromatic nitrogens is 2. The second kappa shape index (κ2) is 4.49. The lowest BCUT2D eigenvalue weighted by molar-refractivity contribution is 0.474. The number of rotatable bonds is 3. The van der Waals surface area contributed by atoms with Gasteiger partial charge in [-0.05, 0) is 18.2 Å². The number of nitrogens with one attached hydrogen (secondary N) is 1. The van der Waals surface area contributed by atoms with Gasteiger partial charge < -0.3 is 9.73 Å². The summed E-state index contributed by atoms with van der Waals surface area (Å²) in [7, 11) is 0. The third-order valence-electron chi connectivity index (χ3n) is 1.93. The lowest BCUT2D eigenvalue weighted by Gasteiger charge is -2.03. The van der Waals surface area contributed by atoms with Gasteiger partial charge in [0.25, 0.3) is 0 Å². The lowest BCUT2D eigenvalue weighted by atomic mass is 10.3. The molecule has 0 amide bonds. The van der Waals surface area contributed by atoms with Crippen LogP contribution in [0.15, 0.2) is 22.6 Å². The molecule has 0 fully saturated rings. The minimum Gasteiger partial charge on any atom is -0.424 e. The molecule has 0 aliphatic rings. The van der Waals surface area contributed by atoms with Crippen molar-refractivity contribution in [3.05, 3.63) is 40.8 Å². The summed E-state index contributed by atoms with van der Waals surface area (Å²) in [6, 6.07) is 4.47. The topological polar surface area (TPSA) is 51.0 Å². The van der Waals surface area contributed by atoms with Gasteiger partial charge in [0.1, 0.15) is 5.82 Å². The molecule has 1 aromatic carbocycles. The fourth-order valence-corrected chi connectivity index (χ4v) is 1.31.